The zero-order chi connectivity index (χ0) is 10.7. The topological polar surface area (TPSA) is 9.23 Å². The van der Waals surface area contributed by atoms with Crippen LogP contribution in [-0.2, 0) is 4.74 Å². The van der Waals surface area contributed by atoms with Gasteiger partial charge in [0.1, 0.15) is 5.76 Å². The number of hydrogen-bond acceptors (Lipinski definition) is 1. The SMILES string of the molecule is FC1(F)CCC(OC2=CC[CH]C=C2)CC1. The van der Waals surface area contributed by atoms with E-state index in [0.717, 1.165) is 12.2 Å². The van der Waals surface area contributed by atoms with Gasteiger partial charge in [0, 0.05) is 12.8 Å². The highest BCUT2D eigenvalue weighted by molar-refractivity contribution is 5.21. The maximum absolute atomic E-state index is 12.9. The molecule has 15 heavy (non-hydrogen) atoms. The highest BCUT2D eigenvalue weighted by Gasteiger charge is 2.35. The van der Waals surface area contributed by atoms with Gasteiger partial charge in [0.25, 0.3) is 0 Å². The van der Waals surface area contributed by atoms with E-state index in [1.807, 2.05) is 24.6 Å². The van der Waals surface area contributed by atoms with Crippen LogP contribution in [0.25, 0.3) is 0 Å². The van der Waals surface area contributed by atoms with Gasteiger partial charge in [-0.15, -0.1) is 0 Å². The number of allylic oxidation sites excluding steroid dienone is 3. The van der Waals surface area contributed by atoms with E-state index in [2.05, 4.69) is 0 Å². The van der Waals surface area contributed by atoms with Crippen LogP contribution >= 0.6 is 0 Å². The molecule has 2 aliphatic rings. The maximum atomic E-state index is 12.9. The molecule has 0 unspecified atom stereocenters. The molecule has 0 aliphatic heterocycles. The summed E-state index contributed by atoms with van der Waals surface area (Å²) in [6, 6.07) is 0. The van der Waals surface area contributed by atoms with Gasteiger partial charge in [0.05, 0.1) is 6.10 Å². The van der Waals surface area contributed by atoms with E-state index in [4.69, 9.17) is 4.74 Å². The van der Waals surface area contributed by atoms with Crippen molar-refractivity contribution in [1.29, 1.82) is 0 Å². The summed E-state index contributed by atoms with van der Waals surface area (Å²) in [5.41, 5.74) is 0. The lowest BCUT2D eigenvalue weighted by molar-refractivity contribution is -0.0679. The van der Waals surface area contributed by atoms with Crippen molar-refractivity contribution in [2.75, 3.05) is 0 Å². The molecule has 83 valence electrons. The van der Waals surface area contributed by atoms with E-state index < -0.39 is 5.92 Å². The monoisotopic (exact) mass is 213 g/mol. The summed E-state index contributed by atoms with van der Waals surface area (Å²) in [5.74, 6) is -1.64. The fourth-order valence-electron chi connectivity index (χ4n) is 1.91. The summed E-state index contributed by atoms with van der Waals surface area (Å²) in [4.78, 5) is 0. The molecule has 1 radical (unpaired) electrons. The largest absolute Gasteiger partial charge is 0.491 e. The van der Waals surface area contributed by atoms with Crippen LogP contribution in [0.5, 0.6) is 0 Å². The predicted octanol–water partition coefficient (Wildman–Crippen LogP) is 3.63. The Hall–Kier alpha value is -0.860. The molecule has 2 aliphatic carbocycles. The van der Waals surface area contributed by atoms with Crippen molar-refractivity contribution in [2.24, 2.45) is 0 Å². The van der Waals surface area contributed by atoms with Gasteiger partial charge < -0.3 is 4.74 Å². The quantitative estimate of drug-likeness (QED) is 0.680. The molecule has 0 N–H and O–H groups in total. The van der Waals surface area contributed by atoms with Crippen molar-refractivity contribution >= 4 is 0 Å². The van der Waals surface area contributed by atoms with E-state index >= 15 is 0 Å². The second-order valence-corrected chi connectivity index (χ2v) is 4.11. The Morgan fingerprint density at radius 3 is 2.60 bits per heavy atom. The molecule has 0 atom stereocenters. The minimum absolute atomic E-state index is 0.0291. The van der Waals surface area contributed by atoms with Gasteiger partial charge >= 0.3 is 0 Å². The molecule has 0 amide bonds. The average molecular weight is 213 g/mol. The number of alkyl halides is 2. The second kappa shape index (κ2) is 4.33. The second-order valence-electron chi connectivity index (χ2n) is 4.11. The van der Waals surface area contributed by atoms with Gasteiger partial charge in [-0.3, -0.25) is 0 Å². The van der Waals surface area contributed by atoms with Crippen LogP contribution in [-0.4, -0.2) is 12.0 Å². The standard InChI is InChI=1S/C12H15F2O/c13-12(14)8-6-11(7-9-12)15-10-4-2-1-3-5-10/h1-2,4-5,11H,3,6-9H2. The number of hydrogen-bond donors (Lipinski definition) is 0. The average Bonchev–Trinajstić information content (AvgIpc) is 2.23. The Kier molecular flexibility index (Phi) is 3.08. The minimum atomic E-state index is -2.47. The molecular weight excluding hydrogens is 198 g/mol. The number of ether oxygens (including phenoxy) is 1. The molecule has 0 aromatic carbocycles. The van der Waals surface area contributed by atoms with Crippen LogP contribution in [0.1, 0.15) is 32.1 Å². The number of rotatable bonds is 2. The van der Waals surface area contributed by atoms with Crippen molar-refractivity contribution in [2.45, 2.75) is 44.1 Å². The molecule has 0 aromatic heterocycles. The molecule has 1 nitrogen and oxygen atoms in total. The summed E-state index contributed by atoms with van der Waals surface area (Å²) < 4.78 is 31.4. The van der Waals surface area contributed by atoms with Gasteiger partial charge in [0.15, 0.2) is 0 Å². The molecule has 2 rings (SSSR count). The summed E-state index contributed by atoms with van der Waals surface area (Å²) >= 11 is 0. The molecule has 1 saturated carbocycles. The van der Waals surface area contributed by atoms with Gasteiger partial charge in [0.2, 0.25) is 5.92 Å². The molecular formula is C12H15F2O. The zero-order valence-corrected chi connectivity index (χ0v) is 8.59. The zero-order valence-electron chi connectivity index (χ0n) is 8.59. The highest BCUT2D eigenvalue weighted by atomic mass is 19.3. The van der Waals surface area contributed by atoms with Crippen LogP contribution in [0.3, 0.4) is 0 Å². The molecule has 0 bridgehead atoms. The Balaban J connectivity index is 1.82. The van der Waals surface area contributed by atoms with Crippen molar-refractivity contribution in [3.8, 4) is 0 Å². The van der Waals surface area contributed by atoms with Crippen LogP contribution in [0, 0.1) is 6.42 Å². The van der Waals surface area contributed by atoms with Gasteiger partial charge in [-0.2, -0.15) is 0 Å². The van der Waals surface area contributed by atoms with E-state index in [0.29, 0.717) is 12.8 Å². The summed E-state index contributed by atoms with van der Waals surface area (Å²) in [5, 5.41) is 0. The minimum Gasteiger partial charge on any atom is -0.491 e. The lowest BCUT2D eigenvalue weighted by Crippen LogP contribution is -2.28. The first-order valence-electron chi connectivity index (χ1n) is 5.40. The van der Waals surface area contributed by atoms with Crippen molar-refractivity contribution in [3.63, 3.8) is 0 Å². The van der Waals surface area contributed by atoms with Gasteiger partial charge in [-0.25, -0.2) is 8.78 Å². The van der Waals surface area contributed by atoms with Crippen molar-refractivity contribution < 1.29 is 13.5 Å². The van der Waals surface area contributed by atoms with Gasteiger partial charge in [-0.1, -0.05) is 6.08 Å². The number of halogens is 2. The maximum Gasteiger partial charge on any atom is 0.248 e. The van der Waals surface area contributed by atoms with E-state index in [-0.39, 0.29) is 18.9 Å². The first-order valence-corrected chi connectivity index (χ1v) is 5.40. The lowest BCUT2D eigenvalue weighted by Gasteiger charge is -2.29. The molecule has 0 aromatic rings. The Morgan fingerprint density at radius 2 is 2.00 bits per heavy atom. The van der Waals surface area contributed by atoms with Crippen molar-refractivity contribution in [1.82, 2.24) is 0 Å². The molecule has 1 fully saturated rings. The third-order valence-corrected chi connectivity index (χ3v) is 2.82. The molecule has 0 heterocycles. The van der Waals surface area contributed by atoms with E-state index in [1.165, 1.54) is 0 Å². The highest BCUT2D eigenvalue weighted by Crippen LogP contribution is 2.35. The predicted molar refractivity (Wildman–Crippen MR) is 54.4 cm³/mol. The van der Waals surface area contributed by atoms with Crippen LogP contribution in [0.4, 0.5) is 8.78 Å². The Labute approximate surface area is 88.8 Å². The Bertz CT molecular complexity index is 271. The lowest BCUT2D eigenvalue weighted by atomic mass is 9.94. The smallest absolute Gasteiger partial charge is 0.248 e. The van der Waals surface area contributed by atoms with Crippen LogP contribution < -0.4 is 0 Å². The third kappa shape index (κ3) is 3.05. The van der Waals surface area contributed by atoms with Gasteiger partial charge in [-0.05, 0) is 37.8 Å². The fourth-order valence-corrected chi connectivity index (χ4v) is 1.91. The summed E-state index contributed by atoms with van der Waals surface area (Å²) in [7, 11) is 0. The Morgan fingerprint density at radius 1 is 1.27 bits per heavy atom. The summed E-state index contributed by atoms with van der Waals surface area (Å²) in [6.07, 6.45) is 9.51. The fraction of sp³-hybridized carbons (Fsp3) is 0.583. The van der Waals surface area contributed by atoms with Crippen LogP contribution in [0.15, 0.2) is 24.0 Å². The first-order chi connectivity index (χ1) is 7.16. The summed E-state index contributed by atoms with van der Waals surface area (Å²) in [6.45, 7) is 0. The molecule has 0 saturated heterocycles. The molecule has 0 spiro atoms. The van der Waals surface area contributed by atoms with Crippen LogP contribution in [0.2, 0.25) is 0 Å². The first kappa shape index (κ1) is 10.7. The third-order valence-electron chi connectivity index (χ3n) is 2.82. The molecule has 3 heteroatoms. The van der Waals surface area contributed by atoms with E-state index in [1.54, 1.807) is 0 Å². The normalized spacial score (nSPS) is 26.1. The van der Waals surface area contributed by atoms with E-state index in [9.17, 15) is 8.78 Å². The van der Waals surface area contributed by atoms with Crippen molar-refractivity contribution in [3.05, 3.63) is 30.4 Å².